The molecule has 27 heavy (non-hydrogen) atoms. The van der Waals surface area contributed by atoms with Crippen LogP contribution < -0.4 is 5.32 Å². The molecule has 2 rings (SSSR count). The smallest absolute Gasteiger partial charge is 0.325 e. The van der Waals surface area contributed by atoms with Crippen LogP contribution in [0.5, 0.6) is 0 Å². The van der Waals surface area contributed by atoms with Crippen molar-refractivity contribution in [3.63, 3.8) is 0 Å². The maximum Gasteiger partial charge on any atom is 0.416 e. The molecule has 0 radical (unpaired) electrons. The molecular formula is C19H20F3NO3S. The highest BCUT2D eigenvalue weighted by atomic mass is 32.2. The zero-order chi connectivity index (χ0) is 20.2. The van der Waals surface area contributed by atoms with Crippen molar-refractivity contribution in [2.24, 2.45) is 0 Å². The second-order valence-electron chi connectivity index (χ2n) is 6.19. The van der Waals surface area contributed by atoms with Gasteiger partial charge >= 0.3 is 6.18 Å². The molecule has 1 N–H and O–H groups in total. The minimum Gasteiger partial charge on any atom is -0.325 e. The Balaban J connectivity index is 2.11. The first-order valence-corrected chi connectivity index (χ1v) is 10.0. The SMILES string of the molecule is CCc1ccc(NC(=O)[C@H](C)S(=O)(=O)Cc2cccc(C(F)(F)F)c2)cc1. The number of rotatable bonds is 6. The van der Waals surface area contributed by atoms with Gasteiger partial charge in [0.1, 0.15) is 5.25 Å². The third-order valence-corrected chi connectivity index (χ3v) is 6.19. The third kappa shape index (κ3) is 5.56. The number of aryl methyl sites for hydroxylation is 1. The Labute approximate surface area is 156 Å². The molecule has 1 amide bonds. The summed E-state index contributed by atoms with van der Waals surface area (Å²) < 4.78 is 63.2. The lowest BCUT2D eigenvalue weighted by Crippen LogP contribution is -2.33. The topological polar surface area (TPSA) is 63.2 Å². The van der Waals surface area contributed by atoms with E-state index >= 15 is 0 Å². The van der Waals surface area contributed by atoms with Gasteiger partial charge in [-0.1, -0.05) is 37.3 Å². The summed E-state index contributed by atoms with van der Waals surface area (Å²) in [4.78, 5) is 12.3. The van der Waals surface area contributed by atoms with Crippen LogP contribution in [0.15, 0.2) is 48.5 Å². The lowest BCUT2D eigenvalue weighted by molar-refractivity contribution is -0.137. The zero-order valence-electron chi connectivity index (χ0n) is 14.9. The molecule has 146 valence electrons. The van der Waals surface area contributed by atoms with Gasteiger partial charge in [-0.05, 0) is 42.7 Å². The van der Waals surface area contributed by atoms with E-state index in [1.54, 1.807) is 12.1 Å². The number of hydrogen-bond donors (Lipinski definition) is 1. The Morgan fingerprint density at radius 2 is 1.70 bits per heavy atom. The fourth-order valence-electron chi connectivity index (χ4n) is 2.43. The van der Waals surface area contributed by atoms with E-state index in [0.29, 0.717) is 5.69 Å². The van der Waals surface area contributed by atoms with Crippen LogP contribution in [0, 0.1) is 0 Å². The number of sulfone groups is 1. The Bertz CT molecular complexity index is 907. The Morgan fingerprint density at radius 3 is 2.26 bits per heavy atom. The quantitative estimate of drug-likeness (QED) is 0.792. The molecule has 0 aliphatic heterocycles. The van der Waals surface area contributed by atoms with E-state index in [2.05, 4.69) is 5.32 Å². The Hall–Kier alpha value is -2.35. The van der Waals surface area contributed by atoms with Gasteiger partial charge in [0.2, 0.25) is 5.91 Å². The largest absolute Gasteiger partial charge is 0.416 e. The van der Waals surface area contributed by atoms with Crippen LogP contribution in [-0.4, -0.2) is 19.6 Å². The first kappa shape index (κ1) is 21.0. The summed E-state index contributed by atoms with van der Waals surface area (Å²) in [5, 5.41) is 1.12. The average molecular weight is 399 g/mol. The lowest BCUT2D eigenvalue weighted by atomic mass is 10.1. The number of carbonyl (C=O) groups excluding carboxylic acids is 1. The van der Waals surface area contributed by atoms with Crippen molar-refractivity contribution in [2.75, 3.05) is 5.32 Å². The van der Waals surface area contributed by atoms with Crippen LogP contribution in [0.4, 0.5) is 18.9 Å². The number of halogens is 3. The van der Waals surface area contributed by atoms with Gasteiger partial charge in [0, 0.05) is 5.69 Å². The molecule has 8 heteroatoms. The summed E-state index contributed by atoms with van der Waals surface area (Å²) in [5.41, 5.74) is 0.580. The monoisotopic (exact) mass is 399 g/mol. The van der Waals surface area contributed by atoms with Gasteiger partial charge in [0.15, 0.2) is 9.84 Å². The molecule has 0 fully saturated rings. The predicted octanol–water partition coefficient (Wildman–Crippen LogP) is 4.21. The number of amides is 1. The van der Waals surface area contributed by atoms with Gasteiger partial charge < -0.3 is 5.32 Å². The predicted molar refractivity (Wildman–Crippen MR) is 98.0 cm³/mol. The molecule has 0 heterocycles. The van der Waals surface area contributed by atoms with Crippen molar-refractivity contribution < 1.29 is 26.4 Å². The van der Waals surface area contributed by atoms with Crippen molar-refractivity contribution in [2.45, 2.75) is 37.4 Å². The van der Waals surface area contributed by atoms with E-state index in [0.717, 1.165) is 30.2 Å². The number of alkyl halides is 3. The van der Waals surface area contributed by atoms with E-state index in [4.69, 9.17) is 0 Å². The minimum atomic E-state index is -4.56. The van der Waals surface area contributed by atoms with E-state index in [9.17, 15) is 26.4 Å². The van der Waals surface area contributed by atoms with Crippen LogP contribution in [-0.2, 0) is 33.0 Å². The van der Waals surface area contributed by atoms with Crippen molar-refractivity contribution in [3.05, 3.63) is 65.2 Å². The number of hydrogen-bond acceptors (Lipinski definition) is 3. The summed E-state index contributed by atoms with van der Waals surface area (Å²) in [5.74, 6) is -1.38. The molecule has 0 aliphatic rings. The normalized spacial score (nSPS) is 13.2. The summed E-state index contributed by atoms with van der Waals surface area (Å²) >= 11 is 0. The molecule has 2 aromatic rings. The van der Waals surface area contributed by atoms with Crippen LogP contribution in [0.2, 0.25) is 0 Å². The Kier molecular flexibility index (Phi) is 6.30. The highest BCUT2D eigenvalue weighted by molar-refractivity contribution is 7.92. The fraction of sp³-hybridized carbons (Fsp3) is 0.316. The number of nitrogens with one attached hydrogen (secondary N) is 1. The molecule has 0 unspecified atom stereocenters. The highest BCUT2D eigenvalue weighted by Crippen LogP contribution is 2.30. The van der Waals surface area contributed by atoms with Gasteiger partial charge in [-0.25, -0.2) is 8.42 Å². The highest BCUT2D eigenvalue weighted by Gasteiger charge is 2.32. The van der Waals surface area contributed by atoms with E-state index < -0.39 is 38.5 Å². The minimum absolute atomic E-state index is 0.0169. The molecule has 0 saturated heterocycles. The third-order valence-electron chi connectivity index (χ3n) is 4.16. The zero-order valence-corrected chi connectivity index (χ0v) is 15.7. The van der Waals surface area contributed by atoms with Crippen molar-refractivity contribution in [3.8, 4) is 0 Å². The molecule has 0 spiro atoms. The summed E-state index contributed by atoms with van der Waals surface area (Å²) in [6.45, 7) is 3.20. The molecule has 0 saturated carbocycles. The summed E-state index contributed by atoms with van der Waals surface area (Å²) in [7, 11) is -3.99. The van der Waals surface area contributed by atoms with Crippen LogP contribution in [0.1, 0.15) is 30.5 Å². The number of anilines is 1. The Morgan fingerprint density at radius 1 is 1.07 bits per heavy atom. The molecule has 0 aromatic heterocycles. The first-order valence-electron chi connectivity index (χ1n) is 8.30. The molecule has 4 nitrogen and oxygen atoms in total. The second kappa shape index (κ2) is 8.12. The van der Waals surface area contributed by atoms with Gasteiger partial charge in [0.05, 0.1) is 11.3 Å². The molecule has 0 aliphatic carbocycles. The van der Waals surface area contributed by atoms with E-state index in [-0.39, 0.29) is 5.56 Å². The van der Waals surface area contributed by atoms with Crippen molar-refractivity contribution >= 4 is 21.4 Å². The molecule has 0 bridgehead atoms. The molecule has 1 atom stereocenters. The number of benzene rings is 2. The molecule has 2 aromatic carbocycles. The van der Waals surface area contributed by atoms with E-state index in [1.807, 2.05) is 19.1 Å². The first-order chi connectivity index (χ1) is 12.5. The maximum atomic E-state index is 12.8. The van der Waals surface area contributed by atoms with Crippen molar-refractivity contribution in [1.29, 1.82) is 0 Å². The standard InChI is InChI=1S/C19H20F3NO3S/c1-3-14-7-9-17(10-8-14)23-18(24)13(2)27(25,26)12-15-5-4-6-16(11-15)19(20,21)22/h4-11,13H,3,12H2,1-2H3,(H,23,24)/t13-/m0/s1. The van der Waals surface area contributed by atoms with Crippen LogP contribution in [0.3, 0.4) is 0 Å². The van der Waals surface area contributed by atoms with Crippen LogP contribution in [0.25, 0.3) is 0 Å². The van der Waals surface area contributed by atoms with Gasteiger partial charge in [-0.3, -0.25) is 4.79 Å². The summed E-state index contributed by atoms with van der Waals surface area (Å²) in [6.07, 6.45) is -3.73. The summed E-state index contributed by atoms with van der Waals surface area (Å²) in [6, 6.07) is 11.1. The van der Waals surface area contributed by atoms with Crippen LogP contribution >= 0.6 is 0 Å². The van der Waals surface area contributed by atoms with Gasteiger partial charge in [0.25, 0.3) is 0 Å². The van der Waals surface area contributed by atoms with E-state index in [1.165, 1.54) is 13.0 Å². The van der Waals surface area contributed by atoms with Gasteiger partial charge in [-0.2, -0.15) is 13.2 Å². The lowest BCUT2D eigenvalue weighted by Gasteiger charge is -2.14. The average Bonchev–Trinajstić information content (AvgIpc) is 2.60. The van der Waals surface area contributed by atoms with Gasteiger partial charge in [-0.15, -0.1) is 0 Å². The maximum absolute atomic E-state index is 12.8. The molecular weight excluding hydrogens is 379 g/mol. The fourth-order valence-corrected chi connectivity index (χ4v) is 3.70. The number of carbonyl (C=O) groups is 1. The second-order valence-corrected chi connectivity index (χ2v) is 8.51. The van der Waals surface area contributed by atoms with Crippen molar-refractivity contribution in [1.82, 2.24) is 0 Å².